The number of carbonyl (C=O) groups excluding carboxylic acids is 2. The molecule has 0 radical (unpaired) electrons. The second-order valence-corrected chi connectivity index (χ2v) is 24.2. The first-order chi connectivity index (χ1) is 38.0. The molecule has 0 aliphatic rings. The zero-order chi connectivity index (χ0) is 57.0. The molecular formula is C68H122NO8P. The van der Waals surface area contributed by atoms with Crippen molar-refractivity contribution >= 4 is 19.8 Å². The number of hydrogen-bond acceptors (Lipinski definition) is 8. The molecule has 0 aromatic heterocycles. The van der Waals surface area contributed by atoms with Gasteiger partial charge in [0, 0.05) is 12.8 Å². The van der Waals surface area contributed by atoms with E-state index in [1.54, 1.807) is 0 Å². The van der Waals surface area contributed by atoms with Crippen molar-refractivity contribution < 1.29 is 42.1 Å². The van der Waals surface area contributed by atoms with Gasteiger partial charge in [-0.1, -0.05) is 266 Å². The number of hydrogen-bond donors (Lipinski definition) is 0. The summed E-state index contributed by atoms with van der Waals surface area (Å²) in [6, 6.07) is 0. The van der Waals surface area contributed by atoms with Crippen molar-refractivity contribution in [2.75, 3.05) is 47.5 Å². The number of likely N-dealkylation sites (N-methyl/N-ethyl adjacent to an activating group) is 1. The van der Waals surface area contributed by atoms with E-state index in [2.05, 4.69) is 98.9 Å². The Balaban J connectivity index is 4.11. The minimum atomic E-state index is -4.64. The van der Waals surface area contributed by atoms with Crippen LogP contribution in [0, 0.1) is 0 Å². The van der Waals surface area contributed by atoms with Crippen LogP contribution in [0.1, 0.15) is 284 Å². The van der Waals surface area contributed by atoms with E-state index in [9.17, 15) is 19.0 Å². The number of ether oxygens (including phenoxy) is 2. The lowest BCUT2D eigenvalue weighted by Gasteiger charge is -2.28. The van der Waals surface area contributed by atoms with Crippen LogP contribution in [0.5, 0.6) is 0 Å². The molecule has 0 amide bonds. The first-order valence-corrected chi connectivity index (χ1v) is 33.8. The fraction of sp³-hybridized carbons (Fsp3) is 0.765. The largest absolute Gasteiger partial charge is 0.756 e. The highest BCUT2D eigenvalue weighted by molar-refractivity contribution is 7.45. The number of unbranched alkanes of at least 4 members (excludes halogenated alkanes) is 31. The molecule has 0 aromatic rings. The van der Waals surface area contributed by atoms with Crippen LogP contribution in [0.25, 0.3) is 0 Å². The Labute approximate surface area is 481 Å². The average molecular weight is 1110 g/mol. The molecule has 0 N–H and O–H groups in total. The molecule has 0 aliphatic heterocycles. The zero-order valence-corrected chi connectivity index (χ0v) is 52.2. The van der Waals surface area contributed by atoms with Gasteiger partial charge in [-0.3, -0.25) is 14.2 Å². The van der Waals surface area contributed by atoms with Gasteiger partial charge in [-0.05, 0) is 89.9 Å². The number of allylic oxidation sites excluding steroid dienone is 14. The molecule has 0 bridgehead atoms. The Hall–Kier alpha value is -2.81. The van der Waals surface area contributed by atoms with E-state index in [0.717, 1.165) is 77.0 Å². The second kappa shape index (κ2) is 58.8. The summed E-state index contributed by atoms with van der Waals surface area (Å²) in [4.78, 5) is 38.0. The van der Waals surface area contributed by atoms with E-state index >= 15 is 0 Å². The summed E-state index contributed by atoms with van der Waals surface area (Å²) in [5.41, 5.74) is 0. The number of phosphoric acid groups is 1. The van der Waals surface area contributed by atoms with Crippen LogP contribution >= 0.6 is 7.82 Å². The minimum absolute atomic E-state index is 0.0334. The maximum absolute atomic E-state index is 12.8. The van der Waals surface area contributed by atoms with Crippen LogP contribution in [0.15, 0.2) is 85.1 Å². The number of phosphoric ester groups is 1. The SMILES string of the molecule is CC/C=C\C/C=C\C/C=C\C/C=C\C/C=C\C/C=C\CCCCCCCCCCCCCCC(=O)OC(COC(=O)CCCCCCCCCCCCC/C=C\CCCCCCCCCC)COP(=O)([O-])OCC[N+](C)(C)C. The van der Waals surface area contributed by atoms with Crippen LogP contribution in [0.4, 0.5) is 0 Å². The first kappa shape index (κ1) is 75.2. The third kappa shape index (κ3) is 62.4. The highest BCUT2D eigenvalue weighted by Gasteiger charge is 2.22. The predicted octanol–water partition coefficient (Wildman–Crippen LogP) is 20.0. The molecule has 0 fully saturated rings. The summed E-state index contributed by atoms with van der Waals surface area (Å²) in [5, 5.41) is 0. The molecule has 452 valence electrons. The van der Waals surface area contributed by atoms with Gasteiger partial charge in [0.25, 0.3) is 7.82 Å². The molecule has 0 heterocycles. The number of carbonyl (C=O) groups is 2. The highest BCUT2D eigenvalue weighted by Crippen LogP contribution is 2.38. The van der Waals surface area contributed by atoms with Crippen LogP contribution in [0.2, 0.25) is 0 Å². The summed E-state index contributed by atoms with van der Waals surface area (Å²) in [5.74, 6) is -0.830. The van der Waals surface area contributed by atoms with E-state index in [1.807, 2.05) is 21.1 Å². The van der Waals surface area contributed by atoms with Gasteiger partial charge in [0.05, 0.1) is 27.7 Å². The van der Waals surface area contributed by atoms with Gasteiger partial charge in [-0.2, -0.15) is 0 Å². The fourth-order valence-corrected chi connectivity index (χ4v) is 9.68. The fourth-order valence-electron chi connectivity index (χ4n) is 8.95. The molecule has 0 aromatic carbocycles. The molecule has 0 saturated carbocycles. The molecule has 0 aliphatic carbocycles. The van der Waals surface area contributed by atoms with Gasteiger partial charge in [-0.25, -0.2) is 0 Å². The molecule has 0 spiro atoms. The Morgan fingerprint density at radius 1 is 0.410 bits per heavy atom. The smallest absolute Gasteiger partial charge is 0.306 e. The summed E-state index contributed by atoms with van der Waals surface area (Å²) < 4.78 is 34.3. The monoisotopic (exact) mass is 1110 g/mol. The van der Waals surface area contributed by atoms with Gasteiger partial charge >= 0.3 is 11.9 Å². The first-order valence-electron chi connectivity index (χ1n) is 32.3. The van der Waals surface area contributed by atoms with Crippen molar-refractivity contribution in [1.29, 1.82) is 0 Å². The van der Waals surface area contributed by atoms with Crippen LogP contribution < -0.4 is 4.89 Å². The quantitative estimate of drug-likeness (QED) is 0.0195. The molecule has 0 saturated heterocycles. The standard InChI is InChI=1S/C68H122NO8P/c1-6-8-10-12-14-16-18-20-22-24-26-28-30-31-32-33-34-35-36-37-39-41-43-45-47-49-51-53-55-57-59-61-68(71)77-66(65-76-78(72,73)75-63-62-69(3,4)5)64-74-67(70)60-58-56-54-52-50-48-46-44-42-40-38-29-27-25-23-21-19-17-15-13-11-9-7-2/h8,10,14,16,20,22,25-28,31-32,34-35,66H,6-7,9,11-13,15,17-19,21,23-24,29-30,33,36-65H2,1-5H3/b10-8-,16-14-,22-20-,27-25-,28-26-,32-31-,35-34-. The van der Waals surface area contributed by atoms with Gasteiger partial charge in [0.2, 0.25) is 0 Å². The highest BCUT2D eigenvalue weighted by atomic mass is 31.2. The van der Waals surface area contributed by atoms with Gasteiger partial charge in [0.1, 0.15) is 19.8 Å². The van der Waals surface area contributed by atoms with E-state index < -0.39 is 26.5 Å². The second-order valence-electron chi connectivity index (χ2n) is 22.7. The molecule has 2 unspecified atom stereocenters. The average Bonchev–Trinajstić information content (AvgIpc) is 3.40. The topological polar surface area (TPSA) is 111 Å². The van der Waals surface area contributed by atoms with E-state index in [0.29, 0.717) is 17.4 Å². The number of rotatable bonds is 59. The lowest BCUT2D eigenvalue weighted by Crippen LogP contribution is -2.37. The van der Waals surface area contributed by atoms with Crippen molar-refractivity contribution in [2.24, 2.45) is 0 Å². The lowest BCUT2D eigenvalue weighted by molar-refractivity contribution is -0.870. The Morgan fingerprint density at radius 3 is 1.10 bits per heavy atom. The Morgan fingerprint density at radius 2 is 0.731 bits per heavy atom. The predicted molar refractivity (Wildman–Crippen MR) is 332 cm³/mol. The third-order valence-corrected chi connectivity index (χ3v) is 14.9. The zero-order valence-electron chi connectivity index (χ0n) is 51.3. The maximum Gasteiger partial charge on any atom is 0.306 e. The molecule has 0 rings (SSSR count). The summed E-state index contributed by atoms with van der Waals surface area (Å²) in [6.07, 6.45) is 79.2. The lowest BCUT2D eigenvalue weighted by atomic mass is 10.0. The van der Waals surface area contributed by atoms with Gasteiger partial charge in [0.15, 0.2) is 6.10 Å². The normalized spacial score (nSPS) is 13.8. The van der Waals surface area contributed by atoms with Crippen LogP contribution in [-0.2, 0) is 32.7 Å². The van der Waals surface area contributed by atoms with E-state index in [1.165, 1.54) is 173 Å². The van der Waals surface area contributed by atoms with Crippen LogP contribution in [0.3, 0.4) is 0 Å². The van der Waals surface area contributed by atoms with E-state index in [4.69, 9.17) is 18.5 Å². The summed E-state index contributed by atoms with van der Waals surface area (Å²) in [7, 11) is 1.16. The van der Waals surface area contributed by atoms with Crippen molar-refractivity contribution in [3.8, 4) is 0 Å². The van der Waals surface area contributed by atoms with E-state index in [-0.39, 0.29) is 32.0 Å². The Kier molecular flexibility index (Phi) is 56.7. The molecule has 78 heavy (non-hydrogen) atoms. The molecule has 10 heteroatoms. The number of esters is 2. The number of quaternary nitrogens is 1. The van der Waals surface area contributed by atoms with Crippen molar-refractivity contribution in [3.05, 3.63) is 85.1 Å². The molecule has 2 atom stereocenters. The number of nitrogens with zero attached hydrogens (tertiary/aromatic N) is 1. The third-order valence-electron chi connectivity index (χ3n) is 13.9. The van der Waals surface area contributed by atoms with Crippen molar-refractivity contribution in [1.82, 2.24) is 0 Å². The Bertz CT molecular complexity index is 1590. The van der Waals surface area contributed by atoms with Gasteiger partial charge < -0.3 is 27.9 Å². The van der Waals surface area contributed by atoms with Gasteiger partial charge in [-0.15, -0.1) is 0 Å². The minimum Gasteiger partial charge on any atom is -0.756 e. The summed E-state index contributed by atoms with van der Waals surface area (Å²) in [6.45, 7) is 4.15. The van der Waals surface area contributed by atoms with Crippen molar-refractivity contribution in [3.63, 3.8) is 0 Å². The molecule has 9 nitrogen and oxygen atoms in total. The molecular weight excluding hydrogens is 990 g/mol. The maximum atomic E-state index is 12.8. The summed E-state index contributed by atoms with van der Waals surface area (Å²) >= 11 is 0. The van der Waals surface area contributed by atoms with Crippen molar-refractivity contribution in [2.45, 2.75) is 290 Å². The van der Waals surface area contributed by atoms with Crippen LogP contribution in [-0.4, -0.2) is 70.0 Å².